The number of sulfone groups is 1. The summed E-state index contributed by atoms with van der Waals surface area (Å²) >= 11 is 1.29. The molecule has 1 saturated heterocycles. The zero-order chi connectivity index (χ0) is 17.9. The molecule has 0 aliphatic carbocycles. The average molecular weight is 378 g/mol. The first-order valence-electron chi connectivity index (χ1n) is 7.85. The van der Waals surface area contributed by atoms with Crippen molar-refractivity contribution in [3.05, 3.63) is 58.3 Å². The van der Waals surface area contributed by atoms with E-state index in [4.69, 9.17) is 0 Å². The molecule has 1 aromatic heterocycles. The summed E-state index contributed by atoms with van der Waals surface area (Å²) in [6, 6.07) is 11.1. The van der Waals surface area contributed by atoms with Crippen molar-refractivity contribution in [1.29, 1.82) is 0 Å². The summed E-state index contributed by atoms with van der Waals surface area (Å²) in [5.41, 5.74) is 0.644. The largest absolute Gasteiger partial charge is 0.350 e. The number of carbonyl (C=O) groups excluding carboxylic acids is 2. The lowest BCUT2D eigenvalue weighted by Gasteiger charge is -2.20. The lowest BCUT2D eigenvalue weighted by molar-refractivity contribution is -0.123. The number of hydrogen-bond acceptors (Lipinski definition) is 5. The molecule has 0 bridgehead atoms. The highest BCUT2D eigenvalue weighted by Crippen LogP contribution is 2.18. The van der Waals surface area contributed by atoms with Crippen molar-refractivity contribution in [2.75, 3.05) is 11.5 Å². The van der Waals surface area contributed by atoms with Gasteiger partial charge in [-0.1, -0.05) is 36.4 Å². The Labute approximate surface area is 150 Å². The quantitative estimate of drug-likeness (QED) is 0.825. The summed E-state index contributed by atoms with van der Waals surface area (Å²) in [6.07, 6.45) is 0.397. The zero-order valence-corrected chi connectivity index (χ0v) is 15.0. The van der Waals surface area contributed by atoms with Crippen LogP contribution in [-0.4, -0.2) is 37.8 Å². The summed E-state index contributed by atoms with van der Waals surface area (Å²) in [5, 5.41) is 7.28. The van der Waals surface area contributed by atoms with Crippen LogP contribution in [0.2, 0.25) is 0 Å². The molecule has 1 aromatic carbocycles. The Bertz CT molecular complexity index is 848. The zero-order valence-electron chi connectivity index (χ0n) is 13.3. The number of amides is 2. The van der Waals surface area contributed by atoms with Gasteiger partial charge < -0.3 is 10.6 Å². The minimum Gasteiger partial charge on any atom is -0.350 e. The Morgan fingerprint density at radius 2 is 1.88 bits per heavy atom. The average Bonchev–Trinajstić information content (AvgIpc) is 3.23. The molecule has 0 radical (unpaired) electrons. The van der Waals surface area contributed by atoms with E-state index in [1.807, 2.05) is 6.07 Å². The predicted molar refractivity (Wildman–Crippen MR) is 96.2 cm³/mol. The molecule has 2 amide bonds. The molecule has 0 saturated carbocycles. The van der Waals surface area contributed by atoms with E-state index in [0.29, 0.717) is 16.9 Å². The van der Waals surface area contributed by atoms with Crippen LogP contribution in [0.15, 0.2) is 47.8 Å². The van der Waals surface area contributed by atoms with Gasteiger partial charge in [0.05, 0.1) is 16.4 Å². The van der Waals surface area contributed by atoms with Crippen molar-refractivity contribution in [3.8, 4) is 0 Å². The molecule has 6 nitrogen and oxygen atoms in total. The highest BCUT2D eigenvalue weighted by atomic mass is 32.2. The molecular weight excluding hydrogens is 360 g/mol. The van der Waals surface area contributed by atoms with Gasteiger partial charge in [-0.15, -0.1) is 11.3 Å². The molecule has 1 aliphatic rings. The van der Waals surface area contributed by atoms with Gasteiger partial charge in [-0.25, -0.2) is 8.42 Å². The van der Waals surface area contributed by atoms with Crippen LogP contribution in [0.1, 0.15) is 27.7 Å². The van der Waals surface area contributed by atoms with E-state index < -0.39 is 27.8 Å². The Morgan fingerprint density at radius 1 is 1.12 bits per heavy atom. The molecule has 3 rings (SSSR count). The monoisotopic (exact) mass is 378 g/mol. The third-order valence-corrected chi connectivity index (χ3v) is 6.63. The molecule has 1 fully saturated rings. The van der Waals surface area contributed by atoms with Crippen LogP contribution in [0, 0.1) is 0 Å². The van der Waals surface area contributed by atoms with Gasteiger partial charge in [0.25, 0.3) is 5.91 Å². The summed E-state index contributed by atoms with van der Waals surface area (Å²) < 4.78 is 23.2. The van der Waals surface area contributed by atoms with Gasteiger partial charge in [0.2, 0.25) is 5.91 Å². The Balaban J connectivity index is 1.76. The molecule has 2 N–H and O–H groups in total. The number of thiophene rings is 1. The van der Waals surface area contributed by atoms with E-state index in [1.165, 1.54) is 11.3 Å². The maximum Gasteiger partial charge on any atom is 0.262 e. The van der Waals surface area contributed by atoms with Crippen LogP contribution in [-0.2, 0) is 14.6 Å². The van der Waals surface area contributed by atoms with E-state index in [1.54, 1.807) is 41.8 Å². The fourth-order valence-corrected chi connectivity index (χ4v) is 5.05. The lowest BCUT2D eigenvalue weighted by Crippen LogP contribution is -2.44. The van der Waals surface area contributed by atoms with Crippen LogP contribution >= 0.6 is 11.3 Å². The molecular formula is C17H18N2O4S2. The van der Waals surface area contributed by atoms with Crippen LogP contribution in [0.25, 0.3) is 0 Å². The second kappa shape index (κ2) is 7.37. The maximum atomic E-state index is 12.7. The van der Waals surface area contributed by atoms with Crippen LogP contribution in [0.3, 0.4) is 0 Å². The van der Waals surface area contributed by atoms with Crippen LogP contribution < -0.4 is 10.6 Å². The summed E-state index contributed by atoms with van der Waals surface area (Å²) in [6.45, 7) is 0. The van der Waals surface area contributed by atoms with E-state index >= 15 is 0 Å². The van der Waals surface area contributed by atoms with E-state index in [0.717, 1.165) is 0 Å². The molecule has 2 aromatic rings. The van der Waals surface area contributed by atoms with Crippen molar-refractivity contribution in [2.24, 2.45) is 0 Å². The van der Waals surface area contributed by atoms with Gasteiger partial charge in [-0.3, -0.25) is 9.59 Å². The second-order valence-electron chi connectivity index (χ2n) is 5.90. The van der Waals surface area contributed by atoms with Gasteiger partial charge in [0.15, 0.2) is 9.84 Å². The first-order valence-corrected chi connectivity index (χ1v) is 10.5. The minimum atomic E-state index is -3.09. The van der Waals surface area contributed by atoms with Gasteiger partial charge in [0.1, 0.15) is 6.04 Å². The topological polar surface area (TPSA) is 92.3 Å². The minimum absolute atomic E-state index is 0.0564. The number of rotatable bonds is 5. The molecule has 132 valence electrons. The van der Waals surface area contributed by atoms with Gasteiger partial charge in [-0.05, 0) is 23.4 Å². The van der Waals surface area contributed by atoms with Crippen molar-refractivity contribution in [3.63, 3.8) is 0 Å². The van der Waals surface area contributed by atoms with Crippen molar-refractivity contribution in [2.45, 2.75) is 18.5 Å². The van der Waals surface area contributed by atoms with Crippen LogP contribution in [0.5, 0.6) is 0 Å². The number of nitrogens with one attached hydrogen (secondary N) is 2. The molecule has 0 spiro atoms. The van der Waals surface area contributed by atoms with Gasteiger partial charge in [0, 0.05) is 6.04 Å². The first kappa shape index (κ1) is 17.6. The summed E-state index contributed by atoms with van der Waals surface area (Å²) in [4.78, 5) is 25.6. The number of benzene rings is 1. The van der Waals surface area contributed by atoms with Crippen molar-refractivity contribution >= 4 is 33.0 Å². The van der Waals surface area contributed by atoms with Crippen LogP contribution in [0.4, 0.5) is 0 Å². The van der Waals surface area contributed by atoms with E-state index in [-0.39, 0.29) is 17.4 Å². The maximum absolute atomic E-state index is 12.7. The molecule has 25 heavy (non-hydrogen) atoms. The SMILES string of the molecule is O=C(N[C@@H](C(=O)N[C@@H]1CCS(=O)(=O)C1)c1ccccc1)c1cccs1. The molecule has 0 unspecified atom stereocenters. The lowest BCUT2D eigenvalue weighted by atomic mass is 10.1. The van der Waals surface area contributed by atoms with Crippen molar-refractivity contribution < 1.29 is 18.0 Å². The Morgan fingerprint density at radius 3 is 2.48 bits per heavy atom. The molecule has 2 atom stereocenters. The third kappa shape index (κ3) is 4.46. The molecule has 1 aliphatic heterocycles. The fraction of sp³-hybridized carbons (Fsp3) is 0.294. The molecule has 8 heteroatoms. The Kier molecular flexibility index (Phi) is 5.19. The normalized spacial score (nSPS) is 19.9. The summed E-state index contributed by atoms with van der Waals surface area (Å²) in [7, 11) is -3.09. The smallest absolute Gasteiger partial charge is 0.262 e. The van der Waals surface area contributed by atoms with E-state index in [9.17, 15) is 18.0 Å². The predicted octanol–water partition coefficient (Wildman–Crippen LogP) is 1.52. The first-order chi connectivity index (χ1) is 11.9. The highest BCUT2D eigenvalue weighted by Gasteiger charge is 2.32. The fourth-order valence-electron chi connectivity index (χ4n) is 2.75. The molecule has 2 heterocycles. The van der Waals surface area contributed by atoms with Gasteiger partial charge >= 0.3 is 0 Å². The Hall–Kier alpha value is -2.19. The third-order valence-electron chi connectivity index (χ3n) is 3.99. The summed E-state index contributed by atoms with van der Waals surface area (Å²) in [5.74, 6) is -0.717. The standard InChI is InChI=1S/C17H18N2O4S2/c20-16(14-7-4-9-24-14)19-15(12-5-2-1-3-6-12)17(21)18-13-8-10-25(22,23)11-13/h1-7,9,13,15H,8,10-11H2,(H,18,21)(H,19,20)/t13-,15-/m1/s1. The second-order valence-corrected chi connectivity index (χ2v) is 9.08. The van der Waals surface area contributed by atoms with E-state index in [2.05, 4.69) is 10.6 Å². The number of carbonyl (C=O) groups is 2. The van der Waals surface area contributed by atoms with Gasteiger partial charge in [-0.2, -0.15) is 0 Å². The highest BCUT2D eigenvalue weighted by molar-refractivity contribution is 7.91. The number of hydrogen-bond donors (Lipinski definition) is 2. The van der Waals surface area contributed by atoms with Crippen molar-refractivity contribution in [1.82, 2.24) is 10.6 Å².